The number of aromatic nitrogens is 2. The Morgan fingerprint density at radius 2 is 2.67 bits per heavy atom. The third-order valence-corrected chi connectivity index (χ3v) is 2.08. The molecule has 0 saturated carbocycles. The van der Waals surface area contributed by atoms with Gasteiger partial charge >= 0.3 is 0 Å². The minimum Gasteiger partial charge on any atom is -0.329 e. The Labute approximate surface area is 70.8 Å². The highest BCUT2D eigenvalue weighted by molar-refractivity contribution is 5.10. The first-order chi connectivity index (χ1) is 5.92. The van der Waals surface area contributed by atoms with Gasteiger partial charge in [-0.25, -0.2) is 4.98 Å². The Morgan fingerprint density at radius 3 is 3.50 bits per heavy atom. The molecule has 1 aromatic heterocycles. The van der Waals surface area contributed by atoms with E-state index < -0.39 is 0 Å². The zero-order chi connectivity index (χ0) is 8.39. The second kappa shape index (κ2) is 2.95. The van der Waals surface area contributed by atoms with Crippen LogP contribution in [0.15, 0.2) is 6.20 Å². The molecule has 2 rings (SSSR count). The van der Waals surface area contributed by atoms with Crippen molar-refractivity contribution in [2.75, 3.05) is 6.54 Å². The fraction of sp³-hybridized carbons (Fsp3) is 0.500. The van der Waals surface area contributed by atoms with Crippen LogP contribution in [0.4, 0.5) is 0 Å². The molecule has 0 bridgehead atoms. The molecule has 1 aromatic rings. The van der Waals surface area contributed by atoms with Gasteiger partial charge in [0.25, 0.3) is 0 Å². The molecule has 2 heterocycles. The lowest BCUT2D eigenvalue weighted by Crippen LogP contribution is -2.28. The van der Waals surface area contributed by atoms with Gasteiger partial charge < -0.3 is 9.88 Å². The first kappa shape index (κ1) is 7.32. The molecule has 0 aliphatic carbocycles. The van der Waals surface area contributed by atoms with E-state index in [2.05, 4.69) is 20.9 Å². The van der Waals surface area contributed by atoms with Crippen LogP contribution in [-0.2, 0) is 19.5 Å². The average Bonchev–Trinajstić information content (AvgIpc) is 2.50. The Morgan fingerprint density at radius 1 is 1.75 bits per heavy atom. The highest BCUT2D eigenvalue weighted by Gasteiger charge is 2.12. The van der Waals surface area contributed by atoms with Gasteiger partial charge in [-0.1, -0.05) is 0 Å². The maximum Gasteiger partial charge on any atom is 0.123 e. The summed E-state index contributed by atoms with van der Waals surface area (Å²) < 4.78 is 2.12. The van der Waals surface area contributed by atoms with Crippen LogP contribution in [0.1, 0.15) is 11.5 Å². The van der Waals surface area contributed by atoms with Gasteiger partial charge in [0.15, 0.2) is 0 Å². The van der Waals surface area contributed by atoms with Crippen LogP contribution in [0.25, 0.3) is 0 Å². The van der Waals surface area contributed by atoms with Gasteiger partial charge in [0.1, 0.15) is 5.82 Å². The maximum absolute atomic E-state index is 8.52. The van der Waals surface area contributed by atoms with Crippen molar-refractivity contribution in [2.45, 2.75) is 19.5 Å². The zero-order valence-corrected chi connectivity index (χ0v) is 6.75. The van der Waals surface area contributed by atoms with Crippen molar-refractivity contribution in [2.24, 2.45) is 0 Å². The van der Waals surface area contributed by atoms with E-state index in [1.165, 1.54) is 5.69 Å². The highest BCUT2D eigenvalue weighted by Crippen LogP contribution is 2.08. The Bertz CT molecular complexity index is 320. The van der Waals surface area contributed by atoms with E-state index in [0.29, 0.717) is 6.42 Å². The molecule has 0 atom stereocenters. The lowest BCUT2D eigenvalue weighted by molar-refractivity contribution is 0.505. The quantitative estimate of drug-likeness (QED) is 0.635. The average molecular weight is 162 g/mol. The van der Waals surface area contributed by atoms with E-state index in [0.717, 1.165) is 25.5 Å². The predicted octanol–water partition coefficient (Wildman–Crippen LogP) is 0.0524. The number of nitrogens with one attached hydrogen (secondary N) is 1. The number of nitriles is 1. The summed E-state index contributed by atoms with van der Waals surface area (Å²) in [6.45, 7) is 2.78. The van der Waals surface area contributed by atoms with Crippen molar-refractivity contribution in [1.82, 2.24) is 14.9 Å². The molecule has 0 amide bonds. The highest BCUT2D eigenvalue weighted by atomic mass is 15.1. The standard InChI is InChI=1S/C8H10N4/c9-2-1-8-11-6-7-5-10-3-4-12(7)8/h6,10H,1,3-5H2. The Kier molecular flexibility index (Phi) is 1.80. The maximum atomic E-state index is 8.52. The molecule has 62 valence electrons. The second-order valence-corrected chi connectivity index (χ2v) is 2.83. The minimum atomic E-state index is 0.417. The van der Waals surface area contributed by atoms with Crippen LogP contribution in [0.5, 0.6) is 0 Å². The topological polar surface area (TPSA) is 53.6 Å². The largest absolute Gasteiger partial charge is 0.329 e. The van der Waals surface area contributed by atoms with Gasteiger partial charge in [-0.05, 0) is 0 Å². The first-order valence-electron chi connectivity index (χ1n) is 4.03. The fourth-order valence-corrected chi connectivity index (χ4v) is 1.49. The van der Waals surface area contributed by atoms with Crippen molar-refractivity contribution >= 4 is 0 Å². The van der Waals surface area contributed by atoms with Crippen LogP contribution < -0.4 is 5.32 Å². The molecule has 0 unspecified atom stereocenters. The smallest absolute Gasteiger partial charge is 0.123 e. The first-order valence-corrected chi connectivity index (χ1v) is 4.03. The molecule has 1 aliphatic heterocycles. The number of rotatable bonds is 1. The van der Waals surface area contributed by atoms with Crippen LogP contribution in [0.2, 0.25) is 0 Å². The van der Waals surface area contributed by atoms with Gasteiger partial charge in [0, 0.05) is 25.8 Å². The summed E-state index contributed by atoms with van der Waals surface area (Å²) in [5, 5.41) is 11.8. The summed E-state index contributed by atoms with van der Waals surface area (Å²) in [6, 6.07) is 2.12. The Balaban J connectivity index is 2.33. The van der Waals surface area contributed by atoms with E-state index in [4.69, 9.17) is 5.26 Å². The summed E-state index contributed by atoms with van der Waals surface area (Å²) in [6.07, 6.45) is 2.26. The molecule has 4 heteroatoms. The van der Waals surface area contributed by atoms with Crippen molar-refractivity contribution in [3.05, 3.63) is 17.7 Å². The molecule has 1 N–H and O–H groups in total. The number of nitrogens with zero attached hydrogens (tertiary/aromatic N) is 3. The van der Waals surface area contributed by atoms with Crippen LogP contribution in [-0.4, -0.2) is 16.1 Å². The van der Waals surface area contributed by atoms with Gasteiger partial charge in [-0.15, -0.1) is 0 Å². The van der Waals surface area contributed by atoms with Crippen LogP contribution in [0, 0.1) is 11.3 Å². The lowest BCUT2D eigenvalue weighted by atomic mass is 10.3. The third kappa shape index (κ3) is 1.08. The zero-order valence-electron chi connectivity index (χ0n) is 6.75. The number of hydrogen-bond acceptors (Lipinski definition) is 3. The molecule has 0 fully saturated rings. The number of hydrogen-bond donors (Lipinski definition) is 1. The molecule has 1 aliphatic rings. The predicted molar refractivity (Wildman–Crippen MR) is 43.3 cm³/mol. The van der Waals surface area contributed by atoms with E-state index in [-0.39, 0.29) is 0 Å². The molecular weight excluding hydrogens is 152 g/mol. The van der Waals surface area contributed by atoms with E-state index in [1.54, 1.807) is 0 Å². The molecule has 0 radical (unpaired) electrons. The van der Waals surface area contributed by atoms with Gasteiger partial charge in [-0.3, -0.25) is 0 Å². The summed E-state index contributed by atoms with van der Waals surface area (Å²) in [5.74, 6) is 0.897. The normalized spacial score (nSPS) is 15.2. The molecule has 0 aromatic carbocycles. The van der Waals surface area contributed by atoms with Gasteiger partial charge in [-0.2, -0.15) is 5.26 Å². The van der Waals surface area contributed by atoms with Crippen molar-refractivity contribution in [1.29, 1.82) is 5.26 Å². The number of imidazole rings is 1. The fourth-order valence-electron chi connectivity index (χ4n) is 1.49. The van der Waals surface area contributed by atoms with Gasteiger partial charge in [0.2, 0.25) is 0 Å². The molecule has 0 saturated heterocycles. The summed E-state index contributed by atoms with van der Waals surface area (Å²) in [7, 11) is 0. The van der Waals surface area contributed by atoms with E-state index in [1.807, 2.05) is 6.20 Å². The summed E-state index contributed by atoms with van der Waals surface area (Å²) >= 11 is 0. The van der Waals surface area contributed by atoms with Crippen molar-refractivity contribution in [3.8, 4) is 6.07 Å². The molecule has 4 nitrogen and oxygen atoms in total. The van der Waals surface area contributed by atoms with Crippen LogP contribution in [0.3, 0.4) is 0 Å². The molecule has 12 heavy (non-hydrogen) atoms. The van der Waals surface area contributed by atoms with Crippen molar-refractivity contribution in [3.63, 3.8) is 0 Å². The molecular formula is C8H10N4. The number of fused-ring (bicyclic) bond motifs is 1. The van der Waals surface area contributed by atoms with Crippen molar-refractivity contribution < 1.29 is 0 Å². The second-order valence-electron chi connectivity index (χ2n) is 2.83. The minimum absolute atomic E-state index is 0.417. The third-order valence-electron chi connectivity index (χ3n) is 2.08. The Hall–Kier alpha value is -1.34. The van der Waals surface area contributed by atoms with E-state index >= 15 is 0 Å². The lowest BCUT2D eigenvalue weighted by Gasteiger charge is -2.16. The summed E-state index contributed by atoms with van der Waals surface area (Å²) in [4.78, 5) is 4.19. The SMILES string of the molecule is N#CCc1ncc2n1CCNC2. The summed E-state index contributed by atoms with van der Waals surface area (Å²) in [5.41, 5.74) is 1.19. The van der Waals surface area contributed by atoms with Gasteiger partial charge in [0.05, 0.1) is 18.2 Å². The van der Waals surface area contributed by atoms with E-state index in [9.17, 15) is 0 Å². The molecule has 0 spiro atoms. The monoisotopic (exact) mass is 162 g/mol. The van der Waals surface area contributed by atoms with Crippen LogP contribution >= 0.6 is 0 Å².